The number of carbonyl (C=O) groups is 1. The van der Waals surface area contributed by atoms with Crippen molar-refractivity contribution in [3.05, 3.63) is 34.3 Å². The number of carbonyl (C=O) groups excluding carboxylic acids is 1. The van der Waals surface area contributed by atoms with Crippen LogP contribution in [-0.2, 0) is 4.79 Å². The summed E-state index contributed by atoms with van der Waals surface area (Å²) in [6.07, 6.45) is 2.36. The summed E-state index contributed by atoms with van der Waals surface area (Å²) in [5, 5.41) is 6.30. The quantitative estimate of drug-likeness (QED) is 0.785. The van der Waals surface area contributed by atoms with Crippen LogP contribution in [0.2, 0.25) is 0 Å². The first kappa shape index (κ1) is 19.4. The molecule has 1 aromatic rings. The van der Waals surface area contributed by atoms with Crippen molar-refractivity contribution in [1.29, 1.82) is 0 Å². The van der Waals surface area contributed by atoms with Gasteiger partial charge in [0.25, 0.3) is 0 Å². The summed E-state index contributed by atoms with van der Waals surface area (Å²) < 4.78 is 1.05. The molecule has 124 valence electrons. The predicted octanol–water partition coefficient (Wildman–Crippen LogP) is 2.73. The highest BCUT2D eigenvalue weighted by atomic mass is 79.9. The molecule has 0 aromatic heterocycles. The van der Waals surface area contributed by atoms with E-state index in [1.54, 1.807) is 0 Å². The van der Waals surface area contributed by atoms with Gasteiger partial charge in [-0.2, -0.15) is 0 Å². The summed E-state index contributed by atoms with van der Waals surface area (Å²) in [4.78, 5) is 14.5. The molecule has 1 saturated heterocycles. The molecule has 4 nitrogen and oxygen atoms in total. The van der Waals surface area contributed by atoms with E-state index in [0.29, 0.717) is 12.6 Å². The number of hydrogen-bond donors (Lipinski definition) is 2. The molecule has 0 spiro atoms. The minimum absolute atomic E-state index is 0. The van der Waals surface area contributed by atoms with E-state index in [0.717, 1.165) is 23.1 Å². The molecule has 1 amide bonds. The first-order valence-corrected chi connectivity index (χ1v) is 8.33. The van der Waals surface area contributed by atoms with Gasteiger partial charge in [0.1, 0.15) is 0 Å². The molecule has 0 bridgehead atoms. The van der Waals surface area contributed by atoms with Gasteiger partial charge >= 0.3 is 0 Å². The zero-order chi connectivity index (χ0) is 15.2. The molecule has 1 aliphatic heterocycles. The number of amides is 1. The molecule has 1 aromatic carbocycles. The number of nitrogens with one attached hydrogen (secondary N) is 2. The summed E-state index contributed by atoms with van der Waals surface area (Å²) in [5.74, 6) is 0.105. The van der Waals surface area contributed by atoms with Gasteiger partial charge in [0.15, 0.2) is 0 Å². The predicted molar refractivity (Wildman–Crippen MR) is 96.5 cm³/mol. The maximum Gasteiger partial charge on any atom is 0.234 e. The van der Waals surface area contributed by atoms with E-state index < -0.39 is 0 Å². The molecule has 0 radical (unpaired) electrons. The second-order valence-corrected chi connectivity index (χ2v) is 6.58. The van der Waals surface area contributed by atoms with Gasteiger partial charge in [0.05, 0.1) is 12.6 Å². The summed E-state index contributed by atoms with van der Waals surface area (Å²) in [6.45, 7) is 4.49. The van der Waals surface area contributed by atoms with Crippen LogP contribution in [0.3, 0.4) is 0 Å². The third-order valence-corrected chi connectivity index (χ3v) is 4.56. The SMILES string of the molecule is CNCC1CCCN1CC(=O)NC(C)c1ccc(Br)cc1.Cl. The smallest absolute Gasteiger partial charge is 0.234 e. The Morgan fingerprint density at radius 2 is 2.09 bits per heavy atom. The largest absolute Gasteiger partial charge is 0.348 e. The third-order valence-electron chi connectivity index (χ3n) is 4.03. The lowest BCUT2D eigenvalue weighted by atomic mass is 10.1. The van der Waals surface area contributed by atoms with Crippen LogP contribution in [0.25, 0.3) is 0 Å². The van der Waals surface area contributed by atoms with Gasteiger partial charge in [-0.3, -0.25) is 9.69 Å². The molecule has 6 heteroatoms. The summed E-state index contributed by atoms with van der Waals surface area (Å²) in [7, 11) is 1.96. The van der Waals surface area contributed by atoms with Crippen molar-refractivity contribution in [1.82, 2.24) is 15.5 Å². The molecule has 2 atom stereocenters. The minimum Gasteiger partial charge on any atom is -0.348 e. The first-order chi connectivity index (χ1) is 10.1. The molecular weight excluding hydrogens is 366 g/mol. The molecule has 2 rings (SSSR count). The summed E-state index contributed by atoms with van der Waals surface area (Å²) in [6, 6.07) is 8.60. The molecule has 1 heterocycles. The fourth-order valence-corrected chi connectivity index (χ4v) is 3.14. The van der Waals surface area contributed by atoms with Crippen molar-refractivity contribution in [2.45, 2.75) is 31.8 Å². The maximum atomic E-state index is 12.2. The highest BCUT2D eigenvalue weighted by Crippen LogP contribution is 2.18. The Morgan fingerprint density at radius 3 is 2.73 bits per heavy atom. The Kier molecular flexibility index (Phi) is 8.39. The monoisotopic (exact) mass is 389 g/mol. The van der Waals surface area contributed by atoms with Gasteiger partial charge in [0.2, 0.25) is 5.91 Å². The number of likely N-dealkylation sites (N-methyl/N-ethyl adjacent to an activating group) is 1. The van der Waals surface area contributed by atoms with E-state index in [-0.39, 0.29) is 24.4 Å². The molecule has 22 heavy (non-hydrogen) atoms. The van der Waals surface area contributed by atoms with Crippen molar-refractivity contribution in [2.24, 2.45) is 0 Å². The Balaban J connectivity index is 0.00000242. The number of hydrogen-bond acceptors (Lipinski definition) is 3. The number of nitrogens with zero attached hydrogens (tertiary/aromatic N) is 1. The molecule has 2 N–H and O–H groups in total. The Hall–Kier alpha value is -0.620. The zero-order valence-electron chi connectivity index (χ0n) is 13.1. The molecule has 0 saturated carbocycles. The zero-order valence-corrected chi connectivity index (χ0v) is 15.5. The van der Waals surface area contributed by atoms with Crippen molar-refractivity contribution in [3.8, 4) is 0 Å². The molecule has 1 aliphatic rings. The van der Waals surface area contributed by atoms with Crippen molar-refractivity contribution < 1.29 is 4.79 Å². The van der Waals surface area contributed by atoms with E-state index in [4.69, 9.17) is 0 Å². The molecule has 1 fully saturated rings. The average molecular weight is 391 g/mol. The number of rotatable bonds is 6. The Bertz CT molecular complexity index is 469. The van der Waals surface area contributed by atoms with Crippen LogP contribution in [0, 0.1) is 0 Å². The third kappa shape index (κ3) is 5.54. The second-order valence-electron chi connectivity index (χ2n) is 5.66. The molecule has 2 unspecified atom stereocenters. The lowest BCUT2D eigenvalue weighted by Crippen LogP contribution is -2.43. The highest BCUT2D eigenvalue weighted by Gasteiger charge is 2.25. The normalized spacial score (nSPS) is 19.5. The van der Waals surface area contributed by atoms with E-state index in [9.17, 15) is 4.79 Å². The fourth-order valence-electron chi connectivity index (χ4n) is 2.88. The van der Waals surface area contributed by atoms with Gasteiger partial charge in [-0.15, -0.1) is 12.4 Å². The maximum absolute atomic E-state index is 12.2. The van der Waals surface area contributed by atoms with Gasteiger partial charge in [0, 0.05) is 17.1 Å². The van der Waals surface area contributed by atoms with Gasteiger partial charge < -0.3 is 10.6 Å². The Labute approximate surface area is 147 Å². The van der Waals surface area contributed by atoms with Crippen LogP contribution >= 0.6 is 28.3 Å². The van der Waals surface area contributed by atoms with Gasteiger partial charge in [-0.25, -0.2) is 0 Å². The van der Waals surface area contributed by atoms with Crippen molar-refractivity contribution >= 4 is 34.2 Å². The van der Waals surface area contributed by atoms with Crippen LogP contribution in [0.1, 0.15) is 31.4 Å². The Morgan fingerprint density at radius 1 is 1.41 bits per heavy atom. The highest BCUT2D eigenvalue weighted by molar-refractivity contribution is 9.10. The topological polar surface area (TPSA) is 44.4 Å². The van der Waals surface area contributed by atoms with Gasteiger partial charge in [-0.05, 0) is 51.1 Å². The molecule has 0 aliphatic carbocycles. The molecular formula is C16H25BrClN3O. The van der Waals surface area contributed by atoms with E-state index in [1.807, 2.05) is 38.2 Å². The van der Waals surface area contributed by atoms with E-state index in [2.05, 4.69) is 31.5 Å². The van der Waals surface area contributed by atoms with Crippen LogP contribution in [0.15, 0.2) is 28.7 Å². The van der Waals surface area contributed by atoms with Gasteiger partial charge in [-0.1, -0.05) is 28.1 Å². The van der Waals surface area contributed by atoms with Crippen LogP contribution in [0.4, 0.5) is 0 Å². The lowest BCUT2D eigenvalue weighted by Gasteiger charge is -2.24. The van der Waals surface area contributed by atoms with Crippen LogP contribution < -0.4 is 10.6 Å². The fraction of sp³-hybridized carbons (Fsp3) is 0.562. The minimum atomic E-state index is 0. The van der Waals surface area contributed by atoms with Crippen LogP contribution in [0.5, 0.6) is 0 Å². The van der Waals surface area contributed by atoms with Crippen LogP contribution in [-0.4, -0.2) is 43.5 Å². The van der Waals surface area contributed by atoms with E-state index >= 15 is 0 Å². The first-order valence-electron chi connectivity index (χ1n) is 7.53. The number of benzene rings is 1. The van der Waals surface area contributed by atoms with Crippen molar-refractivity contribution in [3.63, 3.8) is 0 Å². The number of halogens is 2. The second kappa shape index (κ2) is 9.50. The standard InChI is InChI=1S/C16H24BrN3O.ClH/c1-12(13-5-7-14(17)8-6-13)19-16(21)11-20-9-3-4-15(20)10-18-2;/h5-8,12,15,18H,3-4,9-11H2,1-2H3,(H,19,21);1H. The summed E-state index contributed by atoms with van der Waals surface area (Å²) >= 11 is 3.43. The van der Waals surface area contributed by atoms with E-state index in [1.165, 1.54) is 12.8 Å². The number of likely N-dealkylation sites (tertiary alicyclic amines) is 1. The van der Waals surface area contributed by atoms with Crippen molar-refractivity contribution in [2.75, 3.05) is 26.7 Å². The lowest BCUT2D eigenvalue weighted by molar-refractivity contribution is -0.123. The summed E-state index contributed by atoms with van der Waals surface area (Å²) in [5.41, 5.74) is 1.12. The average Bonchev–Trinajstić information content (AvgIpc) is 2.87.